The maximum atomic E-state index is 12.2. The molecular weight excluding hydrogens is 374 g/mol. The summed E-state index contributed by atoms with van der Waals surface area (Å²) < 4.78 is 16.6. The molecule has 0 heterocycles. The van der Waals surface area contributed by atoms with Gasteiger partial charge in [0.1, 0.15) is 12.4 Å². The van der Waals surface area contributed by atoms with Gasteiger partial charge in [0.25, 0.3) is 5.91 Å². The largest absolute Gasteiger partial charge is 0.491 e. The smallest absolute Gasteiger partial charge is 0.251 e. The Hall–Kier alpha value is -2.32. The van der Waals surface area contributed by atoms with Gasteiger partial charge in [-0.05, 0) is 29.6 Å². The molecule has 9 nitrogen and oxygen atoms in total. The molecule has 0 bridgehead atoms. The van der Waals surface area contributed by atoms with Crippen molar-refractivity contribution in [1.82, 2.24) is 10.6 Å². The van der Waals surface area contributed by atoms with Crippen LogP contribution >= 0.6 is 0 Å². The number of hydrogen-bond acceptors (Lipinski definition) is 6. The number of amides is 1. The number of rotatable bonds is 15. The molecule has 0 radical (unpaired) electrons. The lowest BCUT2D eigenvalue weighted by molar-refractivity contribution is -0.0150. The van der Waals surface area contributed by atoms with Gasteiger partial charge in [0, 0.05) is 36.2 Å². The third kappa shape index (κ3) is 12.0. The van der Waals surface area contributed by atoms with E-state index in [0.29, 0.717) is 56.2 Å². The van der Waals surface area contributed by atoms with Crippen molar-refractivity contribution in [2.24, 2.45) is 11.0 Å². The lowest BCUT2D eigenvalue weighted by Crippen LogP contribution is -2.34. The van der Waals surface area contributed by atoms with Crippen LogP contribution < -0.4 is 15.4 Å². The van der Waals surface area contributed by atoms with E-state index in [0.717, 1.165) is 0 Å². The summed E-state index contributed by atoms with van der Waals surface area (Å²) >= 11 is 0. The highest BCUT2D eigenvalue weighted by Gasteiger charge is 2.10. The van der Waals surface area contributed by atoms with Gasteiger partial charge in [-0.3, -0.25) is 4.79 Å². The predicted molar refractivity (Wildman–Crippen MR) is 112 cm³/mol. The zero-order valence-electron chi connectivity index (χ0n) is 17.8. The second-order valence-corrected chi connectivity index (χ2v) is 7.20. The van der Waals surface area contributed by atoms with E-state index >= 15 is 0 Å². The number of nitrogens with one attached hydrogen (secondary N) is 2. The van der Waals surface area contributed by atoms with E-state index in [1.807, 2.05) is 0 Å². The fourth-order valence-corrected chi connectivity index (χ4v) is 2.27. The van der Waals surface area contributed by atoms with Crippen molar-refractivity contribution in [1.29, 1.82) is 0 Å². The number of carbonyl (C=O) groups is 1. The van der Waals surface area contributed by atoms with Gasteiger partial charge in [-0.2, -0.15) is 0 Å². The highest BCUT2D eigenvalue weighted by atomic mass is 16.6. The molecular formula is C20H33N5O4. The summed E-state index contributed by atoms with van der Waals surface area (Å²) in [4.78, 5) is 15.0. The zero-order valence-corrected chi connectivity index (χ0v) is 17.8. The SMILES string of the molecule is CC(C)COCCOC(COc1cccc(C(=O)NCCNC(C)C)c1)N=[N+]=[N-]. The number of ether oxygens (including phenoxy) is 3. The lowest BCUT2D eigenvalue weighted by atomic mass is 10.2. The van der Waals surface area contributed by atoms with Crippen molar-refractivity contribution in [3.8, 4) is 5.75 Å². The summed E-state index contributed by atoms with van der Waals surface area (Å²) in [5, 5.41) is 9.67. The Morgan fingerprint density at radius 2 is 1.97 bits per heavy atom. The maximum Gasteiger partial charge on any atom is 0.251 e. The van der Waals surface area contributed by atoms with Crippen LogP contribution in [0.5, 0.6) is 5.75 Å². The summed E-state index contributed by atoms with van der Waals surface area (Å²) in [6.07, 6.45) is -0.776. The highest BCUT2D eigenvalue weighted by molar-refractivity contribution is 5.94. The quantitative estimate of drug-likeness (QED) is 0.200. The molecule has 1 unspecified atom stereocenters. The number of nitrogens with zero attached hydrogens (tertiary/aromatic N) is 3. The average molecular weight is 408 g/mol. The molecule has 162 valence electrons. The van der Waals surface area contributed by atoms with Gasteiger partial charge in [-0.25, -0.2) is 0 Å². The molecule has 0 saturated heterocycles. The van der Waals surface area contributed by atoms with E-state index in [1.165, 1.54) is 0 Å². The summed E-state index contributed by atoms with van der Waals surface area (Å²) in [6.45, 7) is 10.9. The zero-order chi connectivity index (χ0) is 21.5. The van der Waals surface area contributed by atoms with E-state index in [9.17, 15) is 4.79 Å². The molecule has 29 heavy (non-hydrogen) atoms. The molecule has 0 fully saturated rings. The monoisotopic (exact) mass is 407 g/mol. The fraction of sp³-hybridized carbons (Fsp3) is 0.650. The molecule has 1 atom stereocenters. The van der Waals surface area contributed by atoms with Gasteiger partial charge in [0.15, 0.2) is 6.23 Å². The van der Waals surface area contributed by atoms with Gasteiger partial charge < -0.3 is 24.8 Å². The predicted octanol–water partition coefficient (Wildman–Crippen LogP) is 3.12. The molecule has 0 aromatic heterocycles. The Balaban J connectivity index is 2.45. The van der Waals surface area contributed by atoms with Gasteiger partial charge >= 0.3 is 0 Å². The van der Waals surface area contributed by atoms with Gasteiger partial charge in [-0.1, -0.05) is 38.9 Å². The van der Waals surface area contributed by atoms with Crippen LogP contribution in [-0.4, -0.2) is 57.7 Å². The van der Waals surface area contributed by atoms with Crippen LogP contribution in [0.2, 0.25) is 0 Å². The summed E-state index contributed by atoms with van der Waals surface area (Å²) in [5.41, 5.74) is 9.19. The second kappa shape index (κ2) is 14.6. The Morgan fingerprint density at radius 1 is 1.17 bits per heavy atom. The Labute approximate surface area is 172 Å². The molecule has 1 aromatic rings. The van der Waals surface area contributed by atoms with Gasteiger partial charge in [0.2, 0.25) is 0 Å². The van der Waals surface area contributed by atoms with Crippen LogP contribution in [0.25, 0.3) is 10.4 Å². The van der Waals surface area contributed by atoms with E-state index in [-0.39, 0.29) is 12.5 Å². The van der Waals surface area contributed by atoms with Crippen molar-refractivity contribution in [3.63, 3.8) is 0 Å². The molecule has 9 heteroatoms. The van der Waals surface area contributed by atoms with Crippen LogP contribution in [0.15, 0.2) is 29.4 Å². The molecule has 0 saturated carbocycles. The topological polar surface area (TPSA) is 118 Å². The Morgan fingerprint density at radius 3 is 2.66 bits per heavy atom. The highest BCUT2D eigenvalue weighted by Crippen LogP contribution is 2.14. The number of carbonyl (C=O) groups excluding carboxylic acids is 1. The fourth-order valence-electron chi connectivity index (χ4n) is 2.27. The first-order valence-electron chi connectivity index (χ1n) is 9.90. The van der Waals surface area contributed by atoms with Crippen LogP contribution in [0.1, 0.15) is 38.1 Å². The average Bonchev–Trinajstić information content (AvgIpc) is 2.68. The first-order valence-corrected chi connectivity index (χ1v) is 9.90. The summed E-state index contributed by atoms with van der Waals surface area (Å²) in [7, 11) is 0. The molecule has 0 aliphatic rings. The third-order valence-corrected chi connectivity index (χ3v) is 3.62. The van der Waals surface area contributed by atoms with Crippen molar-refractivity contribution < 1.29 is 19.0 Å². The third-order valence-electron chi connectivity index (χ3n) is 3.62. The Kier molecular flexibility index (Phi) is 12.5. The number of hydrogen-bond donors (Lipinski definition) is 2. The molecule has 1 amide bonds. The van der Waals surface area contributed by atoms with Crippen molar-refractivity contribution in [2.75, 3.05) is 39.5 Å². The molecule has 0 aliphatic heterocycles. The van der Waals surface area contributed by atoms with E-state index < -0.39 is 6.23 Å². The van der Waals surface area contributed by atoms with Crippen molar-refractivity contribution in [2.45, 2.75) is 40.0 Å². The van der Waals surface area contributed by atoms with E-state index in [4.69, 9.17) is 19.7 Å². The second-order valence-electron chi connectivity index (χ2n) is 7.20. The number of benzene rings is 1. The first kappa shape index (κ1) is 24.7. The van der Waals surface area contributed by atoms with Gasteiger partial charge in [0.05, 0.1) is 13.2 Å². The summed E-state index contributed by atoms with van der Waals surface area (Å²) in [6, 6.07) is 7.20. The first-order chi connectivity index (χ1) is 13.9. The summed E-state index contributed by atoms with van der Waals surface area (Å²) in [5.74, 6) is 0.768. The normalized spacial score (nSPS) is 11.9. The standard InChI is InChI=1S/C20H33N5O4/c1-15(2)13-27-10-11-28-19(24-25-21)14-29-18-7-5-6-17(12-18)20(26)23-9-8-22-16(3)4/h5-7,12,15-16,19,22H,8-11,13-14H2,1-4H3,(H,23,26). The van der Waals surface area contributed by atoms with Crippen LogP contribution in [0.3, 0.4) is 0 Å². The van der Waals surface area contributed by atoms with Crippen molar-refractivity contribution in [3.05, 3.63) is 40.3 Å². The number of azide groups is 1. The lowest BCUT2D eigenvalue weighted by Gasteiger charge is -2.15. The van der Waals surface area contributed by atoms with Gasteiger partial charge in [-0.15, -0.1) is 0 Å². The minimum Gasteiger partial charge on any atom is -0.491 e. The molecule has 2 N–H and O–H groups in total. The molecule has 0 spiro atoms. The van der Waals surface area contributed by atoms with Crippen LogP contribution in [-0.2, 0) is 9.47 Å². The van der Waals surface area contributed by atoms with Crippen LogP contribution in [0.4, 0.5) is 0 Å². The van der Waals surface area contributed by atoms with Crippen LogP contribution in [0, 0.1) is 5.92 Å². The van der Waals surface area contributed by atoms with E-state index in [1.54, 1.807) is 24.3 Å². The maximum absolute atomic E-state index is 12.2. The molecule has 1 rings (SSSR count). The van der Waals surface area contributed by atoms with E-state index in [2.05, 4.69) is 48.4 Å². The Bertz CT molecular complexity index is 648. The molecule has 1 aromatic carbocycles. The molecule has 0 aliphatic carbocycles. The minimum absolute atomic E-state index is 0.0393. The minimum atomic E-state index is -0.776. The van der Waals surface area contributed by atoms with Crippen molar-refractivity contribution >= 4 is 5.91 Å².